The van der Waals surface area contributed by atoms with Gasteiger partial charge in [-0.05, 0) is 35.9 Å². The Morgan fingerprint density at radius 3 is 2.17 bits per heavy atom. The Hall–Kier alpha value is -3.80. The zero-order valence-corrected chi connectivity index (χ0v) is 15.9. The summed E-state index contributed by atoms with van der Waals surface area (Å²) in [7, 11) is 1.57. The topological polar surface area (TPSA) is 78.9 Å². The Labute approximate surface area is 168 Å². The molecule has 29 heavy (non-hydrogen) atoms. The van der Waals surface area contributed by atoms with E-state index in [1.807, 2.05) is 18.2 Å². The zero-order valence-electron chi connectivity index (χ0n) is 15.9. The molecule has 0 N–H and O–H groups in total. The number of carboxylic acids is 1. The van der Waals surface area contributed by atoms with Crippen LogP contribution in [0.4, 0.5) is 5.69 Å². The van der Waals surface area contributed by atoms with Crippen LogP contribution in [0.3, 0.4) is 0 Å². The summed E-state index contributed by atoms with van der Waals surface area (Å²) in [4.78, 5) is 25.9. The SMILES string of the molecule is COc1ccc(CN(C(=O)COc2ccccc2)c2ccccc2C(=O)[O-])cc1. The molecule has 3 aromatic rings. The molecule has 0 fully saturated rings. The first-order chi connectivity index (χ1) is 14.1. The van der Waals surface area contributed by atoms with Crippen molar-refractivity contribution in [3.05, 3.63) is 90.0 Å². The molecular weight excluding hydrogens is 370 g/mol. The van der Waals surface area contributed by atoms with Crippen molar-refractivity contribution in [3.8, 4) is 11.5 Å². The highest BCUT2D eigenvalue weighted by Crippen LogP contribution is 2.24. The number of hydrogen-bond acceptors (Lipinski definition) is 5. The molecule has 1 amide bonds. The number of benzene rings is 3. The third-order valence-corrected chi connectivity index (χ3v) is 4.32. The van der Waals surface area contributed by atoms with Crippen LogP contribution in [0.5, 0.6) is 11.5 Å². The maximum absolute atomic E-state index is 13.0. The lowest BCUT2D eigenvalue weighted by Crippen LogP contribution is -2.36. The van der Waals surface area contributed by atoms with E-state index >= 15 is 0 Å². The van der Waals surface area contributed by atoms with Crippen molar-refractivity contribution in [3.63, 3.8) is 0 Å². The fraction of sp³-hybridized carbons (Fsp3) is 0.130. The van der Waals surface area contributed by atoms with Crippen LogP contribution in [0, 0.1) is 0 Å². The van der Waals surface area contributed by atoms with Crippen LogP contribution in [0.1, 0.15) is 15.9 Å². The van der Waals surface area contributed by atoms with Gasteiger partial charge in [0.15, 0.2) is 6.61 Å². The first-order valence-electron chi connectivity index (χ1n) is 9.00. The molecule has 6 nitrogen and oxygen atoms in total. The van der Waals surface area contributed by atoms with Gasteiger partial charge in [-0.3, -0.25) is 4.79 Å². The summed E-state index contributed by atoms with van der Waals surface area (Å²) < 4.78 is 10.7. The van der Waals surface area contributed by atoms with E-state index in [-0.39, 0.29) is 30.3 Å². The number of amides is 1. The maximum Gasteiger partial charge on any atom is 0.265 e. The zero-order chi connectivity index (χ0) is 20.6. The van der Waals surface area contributed by atoms with Crippen LogP contribution in [0.15, 0.2) is 78.9 Å². The Bertz CT molecular complexity index is 970. The highest BCUT2D eigenvalue weighted by molar-refractivity contribution is 6.01. The number of ether oxygens (including phenoxy) is 2. The number of para-hydroxylation sites is 2. The molecule has 0 aliphatic carbocycles. The van der Waals surface area contributed by atoms with E-state index in [0.29, 0.717) is 11.5 Å². The van der Waals surface area contributed by atoms with Gasteiger partial charge in [0.05, 0.1) is 25.3 Å². The van der Waals surface area contributed by atoms with E-state index in [1.165, 1.54) is 11.0 Å². The molecule has 0 aromatic heterocycles. The van der Waals surface area contributed by atoms with E-state index in [0.717, 1.165) is 5.56 Å². The third kappa shape index (κ3) is 5.13. The van der Waals surface area contributed by atoms with Crippen LogP contribution in [0.2, 0.25) is 0 Å². The van der Waals surface area contributed by atoms with Crippen LogP contribution >= 0.6 is 0 Å². The standard InChI is InChI=1S/C23H21NO5/c1-28-18-13-11-17(12-14-18)15-24(21-10-6-5-9-20(21)23(26)27)22(25)16-29-19-7-3-2-4-8-19/h2-14H,15-16H2,1H3,(H,26,27)/p-1. The average molecular weight is 390 g/mol. The van der Waals surface area contributed by atoms with Crippen molar-refractivity contribution in [2.75, 3.05) is 18.6 Å². The highest BCUT2D eigenvalue weighted by Gasteiger charge is 2.20. The molecule has 0 heterocycles. The van der Waals surface area contributed by atoms with Gasteiger partial charge in [-0.1, -0.05) is 48.5 Å². The number of anilines is 1. The first kappa shape index (κ1) is 19.9. The highest BCUT2D eigenvalue weighted by atomic mass is 16.5. The van der Waals surface area contributed by atoms with Gasteiger partial charge in [0.2, 0.25) is 0 Å². The molecule has 148 valence electrons. The Balaban J connectivity index is 1.88. The first-order valence-corrected chi connectivity index (χ1v) is 9.00. The van der Waals surface area contributed by atoms with E-state index < -0.39 is 5.97 Å². The second-order valence-corrected chi connectivity index (χ2v) is 6.23. The Morgan fingerprint density at radius 1 is 0.862 bits per heavy atom. The van der Waals surface area contributed by atoms with Gasteiger partial charge < -0.3 is 24.3 Å². The third-order valence-electron chi connectivity index (χ3n) is 4.32. The smallest absolute Gasteiger partial charge is 0.265 e. The van der Waals surface area contributed by atoms with Crippen molar-refractivity contribution in [2.24, 2.45) is 0 Å². The number of carbonyl (C=O) groups is 2. The molecule has 0 spiro atoms. The summed E-state index contributed by atoms with van der Waals surface area (Å²) in [6.45, 7) is -0.0627. The molecule has 0 radical (unpaired) electrons. The summed E-state index contributed by atoms with van der Waals surface area (Å²) >= 11 is 0. The minimum atomic E-state index is -1.35. The number of nitrogens with zero attached hydrogens (tertiary/aromatic N) is 1. The lowest BCUT2D eigenvalue weighted by molar-refractivity contribution is -0.254. The molecule has 0 atom stereocenters. The quantitative estimate of drug-likeness (QED) is 0.591. The lowest BCUT2D eigenvalue weighted by Gasteiger charge is -2.26. The molecule has 0 saturated heterocycles. The van der Waals surface area contributed by atoms with Gasteiger partial charge in [0, 0.05) is 5.56 Å². The van der Waals surface area contributed by atoms with E-state index in [4.69, 9.17) is 9.47 Å². The van der Waals surface area contributed by atoms with Crippen LogP contribution in [-0.4, -0.2) is 25.6 Å². The molecule has 3 aromatic carbocycles. The van der Waals surface area contributed by atoms with Crippen molar-refractivity contribution in [2.45, 2.75) is 6.54 Å². The number of carbonyl (C=O) groups excluding carboxylic acids is 2. The second-order valence-electron chi connectivity index (χ2n) is 6.23. The van der Waals surface area contributed by atoms with E-state index in [9.17, 15) is 14.7 Å². The molecule has 0 unspecified atom stereocenters. The molecule has 0 saturated carbocycles. The van der Waals surface area contributed by atoms with Gasteiger partial charge in [0.1, 0.15) is 11.5 Å². The van der Waals surface area contributed by atoms with Gasteiger partial charge >= 0.3 is 0 Å². The lowest BCUT2D eigenvalue weighted by atomic mass is 10.1. The van der Waals surface area contributed by atoms with E-state index in [2.05, 4.69) is 0 Å². The minimum Gasteiger partial charge on any atom is -0.545 e. The molecular formula is C23H20NO5-. The Morgan fingerprint density at radius 2 is 1.52 bits per heavy atom. The van der Waals surface area contributed by atoms with Crippen molar-refractivity contribution in [1.29, 1.82) is 0 Å². The normalized spacial score (nSPS) is 10.2. The number of hydrogen-bond donors (Lipinski definition) is 0. The van der Waals surface area contributed by atoms with Crippen molar-refractivity contribution in [1.82, 2.24) is 0 Å². The molecule has 0 bridgehead atoms. The summed E-state index contributed by atoms with van der Waals surface area (Å²) in [5, 5.41) is 11.6. The maximum atomic E-state index is 13.0. The predicted octanol–water partition coefficient (Wildman–Crippen LogP) is 2.67. The summed E-state index contributed by atoms with van der Waals surface area (Å²) in [5.74, 6) is -0.483. The van der Waals surface area contributed by atoms with Crippen LogP contribution < -0.4 is 19.5 Å². The molecule has 0 aliphatic rings. The van der Waals surface area contributed by atoms with Gasteiger partial charge in [-0.2, -0.15) is 0 Å². The number of carboxylic acid groups (broad SMARTS) is 1. The van der Waals surface area contributed by atoms with Crippen LogP contribution in [-0.2, 0) is 11.3 Å². The van der Waals surface area contributed by atoms with Crippen molar-refractivity contribution < 1.29 is 24.2 Å². The summed E-state index contributed by atoms with van der Waals surface area (Å²) in [5.41, 5.74) is 1.01. The van der Waals surface area contributed by atoms with Gasteiger partial charge in [-0.15, -0.1) is 0 Å². The molecule has 0 aliphatic heterocycles. The van der Waals surface area contributed by atoms with Gasteiger partial charge in [0.25, 0.3) is 5.91 Å². The predicted molar refractivity (Wildman–Crippen MR) is 107 cm³/mol. The van der Waals surface area contributed by atoms with E-state index in [1.54, 1.807) is 61.7 Å². The Kier molecular flexibility index (Phi) is 6.47. The largest absolute Gasteiger partial charge is 0.545 e. The number of rotatable bonds is 8. The van der Waals surface area contributed by atoms with Crippen molar-refractivity contribution >= 4 is 17.6 Å². The number of methoxy groups -OCH3 is 1. The summed E-state index contributed by atoms with van der Waals surface area (Å²) in [6.07, 6.45) is 0. The summed E-state index contributed by atoms with van der Waals surface area (Å²) in [6, 6.07) is 22.4. The fourth-order valence-electron chi connectivity index (χ4n) is 2.84. The second kappa shape index (κ2) is 9.41. The monoisotopic (exact) mass is 390 g/mol. The van der Waals surface area contributed by atoms with Crippen LogP contribution in [0.25, 0.3) is 0 Å². The fourth-order valence-corrected chi connectivity index (χ4v) is 2.84. The average Bonchev–Trinajstić information content (AvgIpc) is 2.77. The molecule has 6 heteroatoms. The van der Waals surface area contributed by atoms with Gasteiger partial charge in [-0.25, -0.2) is 0 Å². The molecule has 3 rings (SSSR count). The minimum absolute atomic E-state index is 0.0610. The number of aromatic carboxylic acids is 1.